The van der Waals surface area contributed by atoms with E-state index in [0.29, 0.717) is 6.54 Å². The van der Waals surface area contributed by atoms with E-state index in [9.17, 15) is 0 Å². The molecule has 4 heteroatoms. The summed E-state index contributed by atoms with van der Waals surface area (Å²) in [4.78, 5) is 0. The Morgan fingerprint density at radius 2 is 1.93 bits per heavy atom. The molecule has 1 rings (SSSR count). The quantitative estimate of drug-likeness (QED) is 0.865. The molecule has 0 saturated carbocycles. The van der Waals surface area contributed by atoms with Crippen LogP contribution in [0.3, 0.4) is 0 Å². The van der Waals surface area contributed by atoms with Crippen molar-refractivity contribution in [2.24, 2.45) is 5.73 Å². The fourth-order valence-electron chi connectivity index (χ4n) is 1.19. The van der Waals surface area contributed by atoms with Gasteiger partial charge < -0.3 is 15.2 Å². The molecule has 0 radical (unpaired) electrons. The van der Waals surface area contributed by atoms with E-state index >= 15 is 0 Å². The summed E-state index contributed by atoms with van der Waals surface area (Å²) in [6.45, 7) is 4.48. The Kier molecular flexibility index (Phi) is 6.13. The van der Waals surface area contributed by atoms with Crippen molar-refractivity contribution in [2.75, 3.05) is 7.11 Å². The van der Waals surface area contributed by atoms with Gasteiger partial charge in [0, 0.05) is 6.54 Å². The summed E-state index contributed by atoms with van der Waals surface area (Å²) in [5.74, 6) is 1.50. The van der Waals surface area contributed by atoms with Crippen molar-refractivity contribution in [3.8, 4) is 11.5 Å². The summed E-state index contributed by atoms with van der Waals surface area (Å²) in [5, 5.41) is 0. The van der Waals surface area contributed by atoms with Crippen LogP contribution in [0.1, 0.15) is 19.4 Å². The second-order valence-corrected chi connectivity index (χ2v) is 3.36. The normalized spacial score (nSPS) is 9.67. The molecule has 0 aromatic heterocycles. The van der Waals surface area contributed by atoms with Crippen LogP contribution in [0.25, 0.3) is 0 Å². The van der Waals surface area contributed by atoms with Gasteiger partial charge in [0.25, 0.3) is 0 Å². The van der Waals surface area contributed by atoms with Crippen molar-refractivity contribution in [2.45, 2.75) is 26.5 Å². The van der Waals surface area contributed by atoms with Gasteiger partial charge in [0.1, 0.15) is 0 Å². The van der Waals surface area contributed by atoms with Crippen molar-refractivity contribution in [1.82, 2.24) is 0 Å². The number of hydrogen-bond acceptors (Lipinski definition) is 3. The maximum absolute atomic E-state index is 5.57. The standard InChI is InChI=1S/C11H17NO2.ClH/c1-8(2)14-10-5-4-9(7-12)6-11(10)13-3;/h4-6,8H,7,12H2,1-3H3;1H. The van der Waals surface area contributed by atoms with Crippen LogP contribution in [-0.4, -0.2) is 13.2 Å². The van der Waals surface area contributed by atoms with Gasteiger partial charge in [0.05, 0.1) is 13.2 Å². The highest BCUT2D eigenvalue weighted by atomic mass is 35.5. The molecule has 2 N–H and O–H groups in total. The monoisotopic (exact) mass is 231 g/mol. The Balaban J connectivity index is 0.00000196. The maximum Gasteiger partial charge on any atom is 0.161 e. The zero-order chi connectivity index (χ0) is 10.6. The lowest BCUT2D eigenvalue weighted by atomic mass is 10.2. The van der Waals surface area contributed by atoms with E-state index in [2.05, 4.69) is 0 Å². The minimum atomic E-state index is 0. The number of hydrogen-bond donors (Lipinski definition) is 1. The highest BCUT2D eigenvalue weighted by Gasteiger charge is 2.06. The molecule has 0 heterocycles. The minimum Gasteiger partial charge on any atom is -0.493 e. The van der Waals surface area contributed by atoms with Gasteiger partial charge in [-0.3, -0.25) is 0 Å². The van der Waals surface area contributed by atoms with E-state index in [1.165, 1.54) is 0 Å². The fraction of sp³-hybridized carbons (Fsp3) is 0.455. The number of ether oxygens (including phenoxy) is 2. The van der Waals surface area contributed by atoms with Gasteiger partial charge in [-0.1, -0.05) is 6.07 Å². The highest BCUT2D eigenvalue weighted by Crippen LogP contribution is 2.28. The summed E-state index contributed by atoms with van der Waals surface area (Å²) >= 11 is 0. The molecule has 0 aliphatic rings. The van der Waals surface area contributed by atoms with Crippen LogP contribution in [0, 0.1) is 0 Å². The van der Waals surface area contributed by atoms with E-state index in [1.54, 1.807) is 7.11 Å². The van der Waals surface area contributed by atoms with Crippen LogP contribution in [0.15, 0.2) is 18.2 Å². The molecule has 0 spiro atoms. The van der Waals surface area contributed by atoms with E-state index in [-0.39, 0.29) is 18.5 Å². The van der Waals surface area contributed by atoms with Crippen molar-refractivity contribution in [3.05, 3.63) is 23.8 Å². The third kappa shape index (κ3) is 3.98. The third-order valence-corrected chi connectivity index (χ3v) is 1.83. The maximum atomic E-state index is 5.57. The Morgan fingerprint density at radius 3 is 2.40 bits per heavy atom. The van der Waals surface area contributed by atoms with Gasteiger partial charge in [0.15, 0.2) is 11.5 Å². The zero-order valence-corrected chi connectivity index (χ0v) is 10.1. The third-order valence-electron chi connectivity index (χ3n) is 1.83. The van der Waals surface area contributed by atoms with Gasteiger partial charge in [-0.2, -0.15) is 0 Å². The Morgan fingerprint density at radius 1 is 1.27 bits per heavy atom. The van der Waals surface area contributed by atoms with Crippen molar-refractivity contribution in [3.63, 3.8) is 0 Å². The van der Waals surface area contributed by atoms with Crippen LogP contribution in [0.2, 0.25) is 0 Å². The Labute approximate surface area is 97.0 Å². The van der Waals surface area contributed by atoms with Gasteiger partial charge in [-0.15, -0.1) is 12.4 Å². The van der Waals surface area contributed by atoms with E-state index in [1.807, 2.05) is 32.0 Å². The minimum absolute atomic E-state index is 0. The summed E-state index contributed by atoms with van der Waals surface area (Å²) in [7, 11) is 1.63. The topological polar surface area (TPSA) is 44.5 Å². The number of halogens is 1. The van der Waals surface area contributed by atoms with Gasteiger partial charge >= 0.3 is 0 Å². The summed E-state index contributed by atoms with van der Waals surface area (Å²) in [6.07, 6.45) is 0.146. The van der Waals surface area contributed by atoms with Crippen LogP contribution in [0.4, 0.5) is 0 Å². The van der Waals surface area contributed by atoms with Gasteiger partial charge in [-0.25, -0.2) is 0 Å². The molecule has 0 aliphatic carbocycles. The lowest BCUT2D eigenvalue weighted by Gasteiger charge is -2.14. The molecule has 0 saturated heterocycles. The second kappa shape index (κ2) is 6.53. The first-order valence-electron chi connectivity index (χ1n) is 4.71. The SMILES string of the molecule is COc1cc(CN)ccc1OC(C)C.Cl. The molecule has 0 aliphatic heterocycles. The van der Waals surface area contributed by atoms with E-state index in [4.69, 9.17) is 15.2 Å². The lowest BCUT2D eigenvalue weighted by molar-refractivity contribution is 0.230. The average Bonchev–Trinajstić information content (AvgIpc) is 2.17. The first kappa shape index (κ1) is 14.1. The Hall–Kier alpha value is -0.930. The molecule has 86 valence electrons. The molecule has 3 nitrogen and oxygen atoms in total. The average molecular weight is 232 g/mol. The lowest BCUT2D eigenvalue weighted by Crippen LogP contribution is -2.07. The molecule has 1 aromatic rings. The van der Waals surface area contributed by atoms with Gasteiger partial charge in [-0.05, 0) is 31.5 Å². The predicted octanol–water partition coefficient (Wildman–Crippen LogP) is 2.36. The summed E-state index contributed by atoms with van der Waals surface area (Å²) in [5.41, 5.74) is 6.57. The van der Waals surface area contributed by atoms with Crippen LogP contribution in [-0.2, 0) is 6.54 Å². The number of methoxy groups -OCH3 is 1. The highest BCUT2D eigenvalue weighted by molar-refractivity contribution is 5.85. The molecule has 0 amide bonds. The van der Waals surface area contributed by atoms with E-state index in [0.717, 1.165) is 17.1 Å². The number of nitrogens with two attached hydrogens (primary N) is 1. The predicted molar refractivity (Wildman–Crippen MR) is 63.9 cm³/mol. The first-order valence-corrected chi connectivity index (χ1v) is 4.71. The molecule has 0 bridgehead atoms. The summed E-state index contributed by atoms with van der Waals surface area (Å²) in [6, 6.07) is 5.74. The smallest absolute Gasteiger partial charge is 0.161 e. The Bertz CT molecular complexity index is 303. The van der Waals surface area contributed by atoms with Crippen LogP contribution in [0.5, 0.6) is 11.5 Å². The molecular weight excluding hydrogens is 214 g/mol. The van der Waals surface area contributed by atoms with Gasteiger partial charge in [0.2, 0.25) is 0 Å². The molecule has 0 fully saturated rings. The second-order valence-electron chi connectivity index (χ2n) is 3.36. The molecular formula is C11H18ClNO2. The van der Waals surface area contributed by atoms with Crippen molar-refractivity contribution < 1.29 is 9.47 Å². The van der Waals surface area contributed by atoms with E-state index < -0.39 is 0 Å². The number of benzene rings is 1. The first-order chi connectivity index (χ1) is 6.67. The zero-order valence-electron chi connectivity index (χ0n) is 9.32. The molecule has 0 unspecified atom stereocenters. The molecule has 15 heavy (non-hydrogen) atoms. The van der Waals surface area contributed by atoms with Crippen molar-refractivity contribution in [1.29, 1.82) is 0 Å². The molecule has 0 atom stereocenters. The van der Waals surface area contributed by atoms with Crippen LogP contribution < -0.4 is 15.2 Å². The summed E-state index contributed by atoms with van der Waals surface area (Å²) < 4.78 is 10.8. The van der Waals surface area contributed by atoms with Crippen LogP contribution >= 0.6 is 12.4 Å². The largest absolute Gasteiger partial charge is 0.493 e. The number of rotatable bonds is 4. The molecule has 1 aromatic carbocycles. The van der Waals surface area contributed by atoms with Crippen molar-refractivity contribution >= 4 is 12.4 Å². The fourth-order valence-corrected chi connectivity index (χ4v) is 1.19.